The van der Waals surface area contributed by atoms with Gasteiger partial charge in [0.2, 0.25) is 21.8 Å². The van der Waals surface area contributed by atoms with E-state index in [1.54, 1.807) is 38.1 Å². The van der Waals surface area contributed by atoms with Gasteiger partial charge in [-0.15, -0.1) is 0 Å². The summed E-state index contributed by atoms with van der Waals surface area (Å²) in [5.74, 6) is -0.565. The van der Waals surface area contributed by atoms with E-state index in [4.69, 9.17) is 0 Å². The van der Waals surface area contributed by atoms with E-state index < -0.39 is 15.4 Å². The molecule has 0 spiro atoms. The predicted molar refractivity (Wildman–Crippen MR) is 132 cm³/mol. The summed E-state index contributed by atoms with van der Waals surface area (Å²) in [5, 5.41) is 2.84. The summed E-state index contributed by atoms with van der Waals surface area (Å²) in [6.45, 7) is 6.36. The Labute approximate surface area is 203 Å². The van der Waals surface area contributed by atoms with Crippen LogP contribution in [0.5, 0.6) is 0 Å². The van der Waals surface area contributed by atoms with Crippen LogP contribution in [0.3, 0.4) is 0 Å². The second-order valence-corrected chi connectivity index (χ2v) is 12.0. The first-order valence-electron chi connectivity index (χ1n) is 11.0. The number of carbonyl (C=O) groups is 2. The van der Waals surface area contributed by atoms with Crippen molar-refractivity contribution < 1.29 is 18.0 Å². The van der Waals surface area contributed by atoms with Crippen LogP contribution in [0, 0.1) is 6.92 Å². The molecule has 2 heterocycles. The molecule has 0 aromatic heterocycles. The third-order valence-corrected chi connectivity index (χ3v) is 8.92. The van der Waals surface area contributed by atoms with Crippen LogP contribution in [-0.2, 0) is 25.0 Å². The number of sulfonamides is 1. The summed E-state index contributed by atoms with van der Waals surface area (Å²) in [6, 6.07) is 10.4. The lowest BCUT2D eigenvalue weighted by Gasteiger charge is -2.26. The summed E-state index contributed by atoms with van der Waals surface area (Å²) >= 11 is 3.45. The number of piperidine rings is 1. The molecule has 33 heavy (non-hydrogen) atoms. The van der Waals surface area contributed by atoms with Gasteiger partial charge in [0, 0.05) is 23.2 Å². The molecule has 0 unspecified atom stereocenters. The highest BCUT2D eigenvalue weighted by Gasteiger charge is 2.45. The number of carbonyl (C=O) groups excluding carboxylic acids is 2. The second kappa shape index (κ2) is 8.85. The van der Waals surface area contributed by atoms with E-state index in [0.29, 0.717) is 30.0 Å². The fourth-order valence-electron chi connectivity index (χ4n) is 4.44. The summed E-state index contributed by atoms with van der Waals surface area (Å²) in [6.07, 6.45) is 2.75. The molecular formula is C24H28BrN3O4S. The first-order chi connectivity index (χ1) is 15.5. The van der Waals surface area contributed by atoms with Gasteiger partial charge in [0.15, 0.2) is 0 Å². The van der Waals surface area contributed by atoms with Crippen LogP contribution in [0.1, 0.15) is 44.2 Å². The van der Waals surface area contributed by atoms with Gasteiger partial charge in [-0.05, 0) is 91.0 Å². The van der Waals surface area contributed by atoms with Crippen LogP contribution in [-0.4, -0.2) is 44.2 Å². The van der Waals surface area contributed by atoms with Crippen molar-refractivity contribution in [1.82, 2.24) is 4.31 Å². The van der Waals surface area contributed by atoms with Gasteiger partial charge in [-0.2, -0.15) is 4.31 Å². The van der Waals surface area contributed by atoms with Crippen LogP contribution < -0.4 is 10.2 Å². The lowest BCUT2D eigenvalue weighted by molar-refractivity contribution is -0.124. The van der Waals surface area contributed by atoms with Gasteiger partial charge >= 0.3 is 0 Å². The summed E-state index contributed by atoms with van der Waals surface area (Å²) in [4.78, 5) is 27.6. The number of nitrogens with zero attached hydrogens (tertiary/aromatic N) is 2. The van der Waals surface area contributed by atoms with Crippen LogP contribution >= 0.6 is 15.9 Å². The van der Waals surface area contributed by atoms with Crippen molar-refractivity contribution in [1.29, 1.82) is 0 Å². The molecule has 176 valence electrons. The Kier molecular flexibility index (Phi) is 6.41. The third kappa shape index (κ3) is 4.46. The normalized spacial score (nSPS) is 18.3. The van der Waals surface area contributed by atoms with Crippen molar-refractivity contribution in [3.8, 4) is 0 Å². The van der Waals surface area contributed by atoms with E-state index in [2.05, 4.69) is 21.2 Å². The molecule has 2 aromatic carbocycles. The second-order valence-electron chi connectivity index (χ2n) is 9.19. The van der Waals surface area contributed by atoms with Gasteiger partial charge in [0.25, 0.3) is 0 Å². The topological polar surface area (TPSA) is 86.8 Å². The number of benzene rings is 2. The Morgan fingerprint density at radius 3 is 2.45 bits per heavy atom. The van der Waals surface area contributed by atoms with Gasteiger partial charge < -0.3 is 10.2 Å². The van der Waals surface area contributed by atoms with Crippen LogP contribution in [0.15, 0.2) is 45.8 Å². The smallest absolute Gasteiger partial charge is 0.244 e. The number of hydrogen-bond donors (Lipinski definition) is 1. The fraction of sp³-hybridized carbons (Fsp3) is 0.417. The van der Waals surface area contributed by atoms with Crippen molar-refractivity contribution in [3.05, 3.63) is 52.0 Å². The van der Waals surface area contributed by atoms with E-state index in [9.17, 15) is 18.0 Å². The van der Waals surface area contributed by atoms with E-state index in [0.717, 1.165) is 29.3 Å². The molecule has 2 aliphatic heterocycles. The van der Waals surface area contributed by atoms with Gasteiger partial charge in [0.05, 0.1) is 16.0 Å². The minimum atomic E-state index is -3.62. The van der Waals surface area contributed by atoms with Crippen molar-refractivity contribution in [2.45, 2.75) is 50.3 Å². The number of halogens is 1. The molecule has 1 N–H and O–H groups in total. The standard InChI is InChI=1S/C24H28BrN3O4S/c1-16-7-9-20(19(25)13-16)26-22(29)15-28-21-10-8-17(14-18(21)24(2,3)23(28)30)33(31,32)27-11-5-4-6-12-27/h7-10,13-14H,4-6,11-12,15H2,1-3H3,(H,26,29). The maximum atomic E-state index is 13.2. The molecule has 4 rings (SSSR count). The molecule has 0 radical (unpaired) electrons. The van der Waals surface area contributed by atoms with Crippen LogP contribution in [0.2, 0.25) is 0 Å². The van der Waals surface area contributed by atoms with Crippen molar-refractivity contribution >= 4 is 49.1 Å². The van der Waals surface area contributed by atoms with Crippen molar-refractivity contribution in [2.24, 2.45) is 0 Å². The summed E-state index contributed by atoms with van der Waals surface area (Å²) < 4.78 is 28.6. The molecule has 0 saturated carbocycles. The molecule has 2 amide bonds. The van der Waals surface area contributed by atoms with Gasteiger partial charge in [0.1, 0.15) is 6.54 Å². The molecule has 0 bridgehead atoms. The minimum absolute atomic E-state index is 0.159. The molecule has 1 fully saturated rings. The van der Waals surface area contributed by atoms with E-state index in [1.165, 1.54) is 9.21 Å². The quantitative estimate of drug-likeness (QED) is 0.623. The Balaban J connectivity index is 1.60. The zero-order valence-corrected chi connectivity index (χ0v) is 21.4. The molecule has 7 nitrogen and oxygen atoms in total. The largest absolute Gasteiger partial charge is 0.324 e. The van der Waals surface area contributed by atoms with E-state index in [1.807, 2.05) is 19.1 Å². The first kappa shape index (κ1) is 23.9. The van der Waals surface area contributed by atoms with Gasteiger partial charge in [-0.1, -0.05) is 12.5 Å². The lowest BCUT2D eigenvalue weighted by Crippen LogP contribution is -2.40. The number of rotatable bonds is 5. The highest BCUT2D eigenvalue weighted by molar-refractivity contribution is 9.10. The fourth-order valence-corrected chi connectivity index (χ4v) is 6.58. The highest BCUT2D eigenvalue weighted by Crippen LogP contribution is 2.43. The maximum Gasteiger partial charge on any atom is 0.244 e. The Morgan fingerprint density at radius 1 is 1.09 bits per heavy atom. The molecule has 0 atom stereocenters. The molecule has 0 aliphatic carbocycles. The molecule has 2 aromatic rings. The molecule has 1 saturated heterocycles. The van der Waals surface area contributed by atoms with E-state index >= 15 is 0 Å². The monoisotopic (exact) mass is 533 g/mol. The minimum Gasteiger partial charge on any atom is -0.324 e. The number of nitrogens with one attached hydrogen (secondary N) is 1. The number of hydrogen-bond acceptors (Lipinski definition) is 4. The zero-order valence-electron chi connectivity index (χ0n) is 19.0. The molecule has 2 aliphatic rings. The van der Waals surface area contributed by atoms with Crippen LogP contribution in [0.4, 0.5) is 11.4 Å². The average Bonchev–Trinajstić information content (AvgIpc) is 2.96. The average molecular weight is 534 g/mol. The van der Waals surface area contributed by atoms with Crippen molar-refractivity contribution in [2.75, 3.05) is 29.9 Å². The highest BCUT2D eigenvalue weighted by atomic mass is 79.9. The maximum absolute atomic E-state index is 13.2. The first-order valence-corrected chi connectivity index (χ1v) is 13.3. The predicted octanol–water partition coefficient (Wildman–Crippen LogP) is 4.20. The SMILES string of the molecule is Cc1ccc(NC(=O)CN2C(=O)C(C)(C)c3cc(S(=O)(=O)N4CCCCC4)ccc32)c(Br)c1. The molecular weight excluding hydrogens is 506 g/mol. The Bertz CT molecular complexity index is 1220. The number of fused-ring (bicyclic) bond motifs is 1. The third-order valence-electron chi connectivity index (χ3n) is 6.37. The summed E-state index contributed by atoms with van der Waals surface area (Å²) in [5.41, 5.74) is 1.93. The van der Waals surface area contributed by atoms with Gasteiger partial charge in [-0.25, -0.2) is 8.42 Å². The van der Waals surface area contributed by atoms with Crippen LogP contribution in [0.25, 0.3) is 0 Å². The molecule has 9 heteroatoms. The number of amides is 2. The van der Waals surface area contributed by atoms with Crippen molar-refractivity contribution in [3.63, 3.8) is 0 Å². The summed E-state index contributed by atoms with van der Waals surface area (Å²) in [7, 11) is -3.62. The van der Waals surface area contributed by atoms with Gasteiger partial charge in [-0.3, -0.25) is 9.59 Å². The Hall–Kier alpha value is -2.23. The van der Waals surface area contributed by atoms with E-state index in [-0.39, 0.29) is 23.3 Å². The number of aryl methyl sites for hydroxylation is 1. The zero-order chi connectivity index (χ0) is 24.0. The number of anilines is 2. The lowest BCUT2D eigenvalue weighted by atomic mass is 9.86. The Morgan fingerprint density at radius 2 is 1.79 bits per heavy atom.